The zero-order valence-corrected chi connectivity index (χ0v) is 39.0. The van der Waals surface area contributed by atoms with E-state index in [0.717, 1.165) is 38.5 Å². The van der Waals surface area contributed by atoms with Gasteiger partial charge in [0.05, 0.1) is 39.9 Å². The molecule has 0 saturated carbocycles. The van der Waals surface area contributed by atoms with Crippen molar-refractivity contribution in [2.75, 3.05) is 40.9 Å². The van der Waals surface area contributed by atoms with Crippen LogP contribution in [-0.2, 0) is 18.4 Å². The lowest BCUT2D eigenvalue weighted by molar-refractivity contribution is -0.870. The first-order valence-corrected chi connectivity index (χ1v) is 25.9. The normalized spacial score (nSPS) is 14.2. The van der Waals surface area contributed by atoms with Gasteiger partial charge in [-0.25, -0.2) is 4.57 Å². The Bertz CT molecular complexity index is 885. The van der Waals surface area contributed by atoms with Crippen molar-refractivity contribution >= 4 is 13.7 Å². The molecular formula is C47H98N2O6P+. The zero-order chi connectivity index (χ0) is 41.4. The number of carbonyl (C=O) groups is 1. The van der Waals surface area contributed by atoms with Crippen LogP contribution in [0.4, 0.5) is 0 Å². The highest BCUT2D eigenvalue weighted by molar-refractivity contribution is 7.47. The Morgan fingerprint density at radius 2 is 0.857 bits per heavy atom. The molecule has 3 unspecified atom stereocenters. The fraction of sp³-hybridized carbons (Fsp3) is 0.979. The molecule has 0 aliphatic carbocycles. The van der Waals surface area contributed by atoms with Crippen molar-refractivity contribution in [2.45, 2.75) is 257 Å². The molecule has 0 aliphatic heterocycles. The maximum absolute atomic E-state index is 12.8. The summed E-state index contributed by atoms with van der Waals surface area (Å²) in [7, 11) is 1.62. The Morgan fingerprint density at radius 3 is 1.20 bits per heavy atom. The lowest BCUT2D eigenvalue weighted by atomic mass is 10.0. The summed E-state index contributed by atoms with van der Waals surface area (Å²) in [6.45, 7) is 4.85. The quantitative estimate of drug-likeness (QED) is 0.0321. The van der Waals surface area contributed by atoms with Crippen LogP contribution in [0.15, 0.2) is 0 Å². The van der Waals surface area contributed by atoms with Crippen LogP contribution in [0.1, 0.15) is 245 Å². The highest BCUT2D eigenvalue weighted by atomic mass is 31.2. The summed E-state index contributed by atoms with van der Waals surface area (Å²) >= 11 is 0. The van der Waals surface area contributed by atoms with Crippen LogP contribution in [-0.4, -0.2) is 73.4 Å². The molecule has 8 nitrogen and oxygen atoms in total. The monoisotopic (exact) mass is 818 g/mol. The molecule has 0 aromatic carbocycles. The number of rotatable bonds is 45. The second-order valence-electron chi connectivity index (χ2n) is 18.2. The Labute approximate surface area is 349 Å². The van der Waals surface area contributed by atoms with E-state index in [1.165, 1.54) is 180 Å². The van der Waals surface area contributed by atoms with E-state index in [0.29, 0.717) is 23.9 Å². The molecule has 9 heteroatoms. The number of likely N-dealkylation sites (N-methyl/N-ethyl adjacent to an activating group) is 1. The van der Waals surface area contributed by atoms with Gasteiger partial charge in [-0.1, -0.05) is 226 Å². The Balaban J connectivity index is 3.86. The number of phosphoric ester groups is 1. The average Bonchev–Trinajstić information content (AvgIpc) is 3.15. The molecule has 0 saturated heterocycles. The highest BCUT2D eigenvalue weighted by Gasteiger charge is 2.28. The third-order valence-electron chi connectivity index (χ3n) is 11.4. The summed E-state index contributed by atoms with van der Waals surface area (Å²) in [5, 5.41) is 13.8. The molecule has 0 bridgehead atoms. The number of amides is 1. The summed E-state index contributed by atoms with van der Waals surface area (Å²) in [6, 6.07) is -0.751. The molecule has 0 rings (SSSR count). The summed E-state index contributed by atoms with van der Waals surface area (Å²) in [6.07, 6.45) is 44.8. The van der Waals surface area contributed by atoms with E-state index in [2.05, 4.69) is 19.2 Å². The molecule has 56 heavy (non-hydrogen) atoms. The fourth-order valence-corrected chi connectivity index (χ4v) is 8.20. The minimum atomic E-state index is -4.30. The van der Waals surface area contributed by atoms with E-state index in [9.17, 15) is 19.4 Å². The van der Waals surface area contributed by atoms with Crippen molar-refractivity contribution in [2.24, 2.45) is 0 Å². The average molecular weight is 818 g/mol. The van der Waals surface area contributed by atoms with Crippen molar-refractivity contribution in [3.8, 4) is 0 Å². The third kappa shape index (κ3) is 41.7. The van der Waals surface area contributed by atoms with Crippen LogP contribution < -0.4 is 5.32 Å². The van der Waals surface area contributed by atoms with Gasteiger partial charge in [-0.05, 0) is 12.8 Å². The number of hydrogen-bond acceptors (Lipinski definition) is 5. The van der Waals surface area contributed by atoms with Gasteiger partial charge < -0.3 is 19.8 Å². The predicted octanol–water partition coefficient (Wildman–Crippen LogP) is 13.8. The van der Waals surface area contributed by atoms with Crippen LogP contribution in [0.2, 0.25) is 0 Å². The van der Waals surface area contributed by atoms with Gasteiger partial charge in [-0.3, -0.25) is 13.8 Å². The standard InChI is InChI=1S/C47H97N2O6P/c1-6-8-10-12-14-15-16-17-18-19-20-21-22-23-24-25-26-27-28-29-30-31-32-33-34-35-37-39-41-47(51)48-45(46(50)40-38-36-13-11-9-7-2)44-55-56(52,53)54-43-42-49(3,4)5/h45-46,50H,6-44H2,1-5H3,(H-,48,51,52,53)/p+1. The number of quaternary nitrogens is 1. The van der Waals surface area contributed by atoms with Crippen LogP contribution in [0.3, 0.4) is 0 Å². The zero-order valence-electron chi connectivity index (χ0n) is 38.2. The van der Waals surface area contributed by atoms with Gasteiger partial charge in [-0.2, -0.15) is 0 Å². The molecule has 0 fully saturated rings. The van der Waals surface area contributed by atoms with E-state index in [1.807, 2.05) is 21.1 Å². The number of hydrogen-bond donors (Lipinski definition) is 3. The number of carbonyl (C=O) groups excluding carboxylic acids is 1. The molecule has 0 aromatic heterocycles. The summed E-state index contributed by atoms with van der Waals surface area (Å²) in [4.78, 5) is 23.0. The van der Waals surface area contributed by atoms with Gasteiger partial charge in [0.25, 0.3) is 0 Å². The second kappa shape index (κ2) is 39.9. The number of nitrogens with one attached hydrogen (secondary N) is 1. The van der Waals surface area contributed by atoms with Gasteiger partial charge in [0.1, 0.15) is 13.2 Å². The minimum Gasteiger partial charge on any atom is -0.391 e. The van der Waals surface area contributed by atoms with E-state index in [4.69, 9.17) is 9.05 Å². The van der Waals surface area contributed by atoms with E-state index < -0.39 is 20.0 Å². The molecule has 0 aliphatic rings. The van der Waals surface area contributed by atoms with Crippen LogP contribution in [0, 0.1) is 0 Å². The molecule has 3 atom stereocenters. The first kappa shape index (κ1) is 55.5. The molecular weight excluding hydrogens is 719 g/mol. The predicted molar refractivity (Wildman–Crippen MR) is 240 cm³/mol. The number of aliphatic hydroxyl groups is 1. The van der Waals surface area contributed by atoms with Gasteiger partial charge in [0, 0.05) is 6.42 Å². The number of unbranched alkanes of at least 4 members (excludes halogenated alkanes) is 32. The smallest absolute Gasteiger partial charge is 0.391 e. The summed E-state index contributed by atoms with van der Waals surface area (Å²) in [5.74, 6) is -0.144. The third-order valence-corrected chi connectivity index (χ3v) is 12.3. The topological polar surface area (TPSA) is 105 Å². The number of aliphatic hydroxyl groups excluding tert-OH is 1. The SMILES string of the molecule is CCCCCCCCCCCCCCCCCCCCCCCCCCCCCCC(=O)NC(COP(=O)(O)OCC[N+](C)(C)C)C(O)CCCCCCCC. The summed E-state index contributed by atoms with van der Waals surface area (Å²) in [5.41, 5.74) is 0. The second-order valence-corrected chi connectivity index (χ2v) is 19.7. The van der Waals surface area contributed by atoms with Gasteiger partial charge in [0.2, 0.25) is 5.91 Å². The Morgan fingerprint density at radius 1 is 0.536 bits per heavy atom. The van der Waals surface area contributed by atoms with Crippen molar-refractivity contribution in [3.63, 3.8) is 0 Å². The molecule has 336 valence electrons. The van der Waals surface area contributed by atoms with Gasteiger partial charge in [-0.15, -0.1) is 0 Å². The Hall–Kier alpha value is -0.500. The molecule has 0 aromatic rings. The lowest BCUT2D eigenvalue weighted by Gasteiger charge is -2.26. The van der Waals surface area contributed by atoms with Gasteiger partial charge >= 0.3 is 7.82 Å². The summed E-state index contributed by atoms with van der Waals surface area (Å²) < 4.78 is 23.5. The largest absolute Gasteiger partial charge is 0.472 e. The van der Waals surface area contributed by atoms with Crippen molar-refractivity contribution in [3.05, 3.63) is 0 Å². The Kier molecular flexibility index (Phi) is 39.6. The van der Waals surface area contributed by atoms with E-state index in [-0.39, 0.29) is 19.1 Å². The highest BCUT2D eigenvalue weighted by Crippen LogP contribution is 2.43. The van der Waals surface area contributed by atoms with E-state index >= 15 is 0 Å². The fourth-order valence-electron chi connectivity index (χ4n) is 7.46. The molecule has 1 amide bonds. The molecule has 0 spiro atoms. The van der Waals surface area contributed by atoms with Gasteiger partial charge in [0.15, 0.2) is 0 Å². The maximum atomic E-state index is 12.8. The molecule has 0 heterocycles. The lowest BCUT2D eigenvalue weighted by Crippen LogP contribution is -2.46. The minimum absolute atomic E-state index is 0.0776. The maximum Gasteiger partial charge on any atom is 0.472 e. The molecule has 0 radical (unpaired) electrons. The number of phosphoric acid groups is 1. The number of nitrogens with zero attached hydrogens (tertiary/aromatic N) is 1. The molecule has 3 N–H and O–H groups in total. The van der Waals surface area contributed by atoms with Crippen LogP contribution in [0.5, 0.6) is 0 Å². The van der Waals surface area contributed by atoms with Crippen LogP contribution in [0.25, 0.3) is 0 Å². The first-order chi connectivity index (χ1) is 27.0. The van der Waals surface area contributed by atoms with E-state index in [1.54, 1.807) is 0 Å². The van der Waals surface area contributed by atoms with Crippen LogP contribution >= 0.6 is 7.82 Å². The van der Waals surface area contributed by atoms with Crippen molar-refractivity contribution in [1.29, 1.82) is 0 Å². The first-order valence-electron chi connectivity index (χ1n) is 24.4. The van der Waals surface area contributed by atoms with Crippen molar-refractivity contribution < 1.29 is 32.9 Å². The van der Waals surface area contributed by atoms with Crippen molar-refractivity contribution in [1.82, 2.24) is 5.32 Å².